The zero-order valence-corrected chi connectivity index (χ0v) is 13.7. The van der Waals surface area contributed by atoms with Gasteiger partial charge in [-0.25, -0.2) is 9.59 Å². The minimum atomic E-state index is -1.16. The zero-order valence-electron chi connectivity index (χ0n) is 12.2. The standard InChI is InChI=1S/C8H7NO4.C7H4Cl2O2/c1-5-2-3-6(8(10)11)4-7(5)9(12)13;8-4-1-2-5(7(10)11)6(9)3-4/h2-4H,1H3,(H,10,11);1-3H,(H,10,11). The van der Waals surface area contributed by atoms with Gasteiger partial charge in [0, 0.05) is 16.7 Å². The second-order valence-electron chi connectivity index (χ2n) is 4.49. The number of halogens is 2. The molecular formula is C15H11Cl2NO6. The number of nitrogens with zero attached hydrogens (tertiary/aromatic N) is 1. The predicted molar refractivity (Wildman–Crippen MR) is 88.2 cm³/mol. The Hall–Kier alpha value is -2.64. The van der Waals surface area contributed by atoms with Crippen molar-refractivity contribution in [1.29, 1.82) is 0 Å². The normalized spacial score (nSPS) is 9.62. The van der Waals surface area contributed by atoms with Crippen molar-refractivity contribution in [2.75, 3.05) is 0 Å². The molecule has 0 radical (unpaired) electrons. The van der Waals surface area contributed by atoms with E-state index in [4.69, 9.17) is 33.4 Å². The van der Waals surface area contributed by atoms with Crippen molar-refractivity contribution in [2.24, 2.45) is 0 Å². The van der Waals surface area contributed by atoms with Gasteiger partial charge in [-0.3, -0.25) is 10.1 Å². The summed E-state index contributed by atoms with van der Waals surface area (Å²) in [5.41, 5.74) is 0.281. The van der Waals surface area contributed by atoms with Crippen LogP contribution in [0.15, 0.2) is 36.4 Å². The minimum Gasteiger partial charge on any atom is -0.478 e. The van der Waals surface area contributed by atoms with E-state index >= 15 is 0 Å². The Labute approximate surface area is 146 Å². The van der Waals surface area contributed by atoms with Gasteiger partial charge in [0.2, 0.25) is 0 Å². The van der Waals surface area contributed by atoms with E-state index in [0.29, 0.717) is 10.6 Å². The summed E-state index contributed by atoms with van der Waals surface area (Å²) in [6.45, 7) is 1.56. The fourth-order valence-corrected chi connectivity index (χ4v) is 2.09. The molecule has 2 aromatic carbocycles. The molecule has 2 aromatic rings. The van der Waals surface area contributed by atoms with Crippen LogP contribution < -0.4 is 0 Å². The maximum atomic E-state index is 10.5. The minimum absolute atomic E-state index is 0.0658. The molecule has 0 bridgehead atoms. The number of aromatic carboxylic acids is 2. The largest absolute Gasteiger partial charge is 0.478 e. The number of carboxylic acids is 2. The highest BCUT2D eigenvalue weighted by Crippen LogP contribution is 2.20. The third kappa shape index (κ3) is 5.22. The number of aryl methyl sites for hydroxylation is 1. The van der Waals surface area contributed by atoms with Gasteiger partial charge in [0.25, 0.3) is 5.69 Å². The molecule has 0 spiro atoms. The van der Waals surface area contributed by atoms with Crippen molar-refractivity contribution < 1.29 is 24.7 Å². The lowest BCUT2D eigenvalue weighted by atomic mass is 10.1. The van der Waals surface area contributed by atoms with Crippen molar-refractivity contribution in [1.82, 2.24) is 0 Å². The predicted octanol–water partition coefficient (Wildman–Crippen LogP) is 4.29. The highest BCUT2D eigenvalue weighted by atomic mass is 35.5. The molecular weight excluding hydrogens is 361 g/mol. The molecule has 2 N–H and O–H groups in total. The average molecular weight is 372 g/mol. The molecule has 2 rings (SSSR count). The van der Waals surface area contributed by atoms with Crippen LogP contribution in [-0.2, 0) is 0 Å². The average Bonchev–Trinajstić information content (AvgIpc) is 2.47. The van der Waals surface area contributed by atoms with Gasteiger partial charge >= 0.3 is 11.9 Å². The number of carboxylic acid groups (broad SMARTS) is 2. The first-order valence-electron chi connectivity index (χ1n) is 6.30. The third-order valence-corrected chi connectivity index (χ3v) is 3.36. The Bertz CT molecular complexity index is 807. The maximum Gasteiger partial charge on any atom is 0.337 e. The van der Waals surface area contributed by atoms with Gasteiger partial charge in [-0.1, -0.05) is 29.3 Å². The first kappa shape index (κ1) is 19.4. The van der Waals surface area contributed by atoms with Crippen LogP contribution in [0.1, 0.15) is 26.3 Å². The molecule has 0 aliphatic heterocycles. The van der Waals surface area contributed by atoms with Crippen LogP contribution in [0.25, 0.3) is 0 Å². The zero-order chi connectivity index (χ0) is 18.4. The van der Waals surface area contributed by atoms with Crippen molar-refractivity contribution in [2.45, 2.75) is 6.92 Å². The Morgan fingerprint density at radius 3 is 2.12 bits per heavy atom. The molecule has 24 heavy (non-hydrogen) atoms. The smallest absolute Gasteiger partial charge is 0.337 e. The van der Waals surface area contributed by atoms with E-state index in [1.54, 1.807) is 6.92 Å². The van der Waals surface area contributed by atoms with Gasteiger partial charge in [0.15, 0.2) is 0 Å². The van der Waals surface area contributed by atoms with E-state index in [1.807, 2.05) is 0 Å². The van der Waals surface area contributed by atoms with Crippen LogP contribution in [-0.4, -0.2) is 27.1 Å². The molecule has 0 atom stereocenters. The molecule has 126 valence electrons. The van der Waals surface area contributed by atoms with E-state index in [2.05, 4.69) is 0 Å². The summed E-state index contributed by atoms with van der Waals surface area (Å²) in [5, 5.41) is 28.1. The molecule has 0 saturated carbocycles. The number of nitro groups is 1. The van der Waals surface area contributed by atoms with Gasteiger partial charge in [-0.15, -0.1) is 0 Å². The Morgan fingerprint density at radius 2 is 1.67 bits per heavy atom. The van der Waals surface area contributed by atoms with E-state index in [9.17, 15) is 19.7 Å². The van der Waals surface area contributed by atoms with Crippen LogP contribution in [0, 0.1) is 17.0 Å². The van der Waals surface area contributed by atoms with Crippen molar-refractivity contribution in [3.8, 4) is 0 Å². The number of nitro benzene ring substituents is 1. The number of carbonyl (C=O) groups is 2. The number of hydrogen-bond acceptors (Lipinski definition) is 4. The Kier molecular flexibility index (Phi) is 6.69. The van der Waals surface area contributed by atoms with Crippen molar-refractivity contribution in [3.05, 3.63) is 73.2 Å². The second kappa shape index (κ2) is 8.28. The summed E-state index contributed by atoms with van der Waals surface area (Å²) in [5.74, 6) is -2.21. The summed E-state index contributed by atoms with van der Waals surface area (Å²) in [6, 6.07) is 8.06. The van der Waals surface area contributed by atoms with Crippen LogP contribution in [0.3, 0.4) is 0 Å². The summed E-state index contributed by atoms with van der Waals surface area (Å²) in [7, 11) is 0. The molecule has 0 aliphatic carbocycles. The number of hydrogen-bond donors (Lipinski definition) is 2. The number of benzene rings is 2. The fourth-order valence-electron chi connectivity index (χ4n) is 1.60. The molecule has 0 amide bonds. The van der Waals surface area contributed by atoms with Gasteiger partial charge in [0.1, 0.15) is 0 Å². The summed E-state index contributed by atoms with van der Waals surface area (Å²) in [6.07, 6.45) is 0. The van der Waals surface area contributed by atoms with Gasteiger partial charge in [0.05, 0.1) is 21.1 Å². The van der Waals surface area contributed by atoms with E-state index in [1.165, 1.54) is 30.3 Å². The lowest BCUT2D eigenvalue weighted by Crippen LogP contribution is -1.99. The van der Waals surface area contributed by atoms with Gasteiger partial charge in [-0.05, 0) is 31.2 Å². The molecule has 0 unspecified atom stereocenters. The topological polar surface area (TPSA) is 118 Å². The highest BCUT2D eigenvalue weighted by Gasteiger charge is 2.13. The molecule has 0 aromatic heterocycles. The lowest BCUT2D eigenvalue weighted by Gasteiger charge is -1.97. The SMILES string of the molecule is Cc1ccc(C(=O)O)cc1[N+](=O)[O-].O=C(O)c1ccc(Cl)cc1Cl. The Morgan fingerprint density at radius 1 is 1.04 bits per heavy atom. The first-order valence-corrected chi connectivity index (χ1v) is 7.05. The van der Waals surface area contributed by atoms with Gasteiger partial charge in [-0.2, -0.15) is 0 Å². The summed E-state index contributed by atoms with van der Waals surface area (Å²) >= 11 is 11.1. The van der Waals surface area contributed by atoms with Crippen LogP contribution >= 0.6 is 23.2 Å². The fraction of sp³-hybridized carbons (Fsp3) is 0.0667. The third-order valence-electron chi connectivity index (χ3n) is 2.81. The Balaban J connectivity index is 0.000000243. The lowest BCUT2D eigenvalue weighted by molar-refractivity contribution is -0.385. The monoisotopic (exact) mass is 371 g/mol. The second-order valence-corrected chi connectivity index (χ2v) is 5.34. The first-order chi connectivity index (χ1) is 11.1. The molecule has 0 saturated heterocycles. The number of rotatable bonds is 3. The van der Waals surface area contributed by atoms with Crippen LogP contribution in [0.4, 0.5) is 5.69 Å². The molecule has 0 heterocycles. The van der Waals surface area contributed by atoms with Crippen molar-refractivity contribution >= 4 is 40.8 Å². The molecule has 9 heteroatoms. The molecule has 0 aliphatic rings. The van der Waals surface area contributed by atoms with E-state index in [-0.39, 0.29) is 21.8 Å². The van der Waals surface area contributed by atoms with Crippen molar-refractivity contribution in [3.63, 3.8) is 0 Å². The van der Waals surface area contributed by atoms with Crippen LogP contribution in [0.5, 0.6) is 0 Å². The van der Waals surface area contributed by atoms with E-state index < -0.39 is 16.9 Å². The summed E-state index contributed by atoms with van der Waals surface area (Å²) in [4.78, 5) is 30.7. The molecule has 7 nitrogen and oxygen atoms in total. The van der Waals surface area contributed by atoms with E-state index in [0.717, 1.165) is 6.07 Å². The highest BCUT2D eigenvalue weighted by molar-refractivity contribution is 6.36. The molecule has 0 fully saturated rings. The maximum absolute atomic E-state index is 10.5. The quantitative estimate of drug-likeness (QED) is 0.613. The van der Waals surface area contributed by atoms with Gasteiger partial charge < -0.3 is 10.2 Å². The van der Waals surface area contributed by atoms with Crippen LogP contribution in [0.2, 0.25) is 10.0 Å². The summed E-state index contributed by atoms with van der Waals surface area (Å²) < 4.78 is 0.